The van der Waals surface area contributed by atoms with Crippen LogP contribution in [0.5, 0.6) is 0 Å². The third-order valence-electron chi connectivity index (χ3n) is 2.71. The molecule has 0 radical (unpaired) electrons. The first-order chi connectivity index (χ1) is 7.97. The van der Waals surface area contributed by atoms with Gasteiger partial charge in [-0.1, -0.05) is 6.92 Å². The number of aliphatic carboxylic acids is 1. The highest BCUT2D eigenvalue weighted by molar-refractivity contribution is 5.78. The molecule has 0 aromatic rings. The maximum absolute atomic E-state index is 11.7. The van der Waals surface area contributed by atoms with Crippen molar-refractivity contribution in [3.63, 3.8) is 0 Å². The first-order valence-electron chi connectivity index (χ1n) is 6.19. The lowest BCUT2D eigenvalue weighted by Crippen LogP contribution is -2.36. The molecule has 0 aliphatic heterocycles. The second-order valence-electron chi connectivity index (χ2n) is 4.53. The predicted octanol–water partition coefficient (Wildman–Crippen LogP) is 1.12. The number of carboxylic acid groups (broad SMARTS) is 1. The number of carbonyl (C=O) groups excluding carboxylic acids is 1. The molecule has 0 aromatic heterocycles. The molecule has 0 fully saturated rings. The van der Waals surface area contributed by atoms with Crippen LogP contribution in [0, 0.1) is 5.92 Å². The van der Waals surface area contributed by atoms with Gasteiger partial charge in [-0.2, -0.15) is 0 Å². The van der Waals surface area contributed by atoms with Crippen molar-refractivity contribution in [3.05, 3.63) is 0 Å². The second-order valence-corrected chi connectivity index (χ2v) is 4.53. The fourth-order valence-electron chi connectivity index (χ4n) is 1.57. The van der Waals surface area contributed by atoms with Crippen LogP contribution in [0.15, 0.2) is 0 Å². The van der Waals surface area contributed by atoms with Crippen molar-refractivity contribution < 1.29 is 14.7 Å². The topological polar surface area (TPSA) is 92.4 Å². The van der Waals surface area contributed by atoms with Crippen molar-refractivity contribution in [1.82, 2.24) is 5.32 Å². The Bertz CT molecular complexity index is 244. The average molecular weight is 244 g/mol. The molecule has 0 heterocycles. The highest BCUT2D eigenvalue weighted by atomic mass is 16.4. The minimum atomic E-state index is -0.792. The Labute approximate surface area is 103 Å². The van der Waals surface area contributed by atoms with Crippen LogP contribution >= 0.6 is 0 Å². The van der Waals surface area contributed by atoms with Gasteiger partial charge in [-0.3, -0.25) is 9.59 Å². The van der Waals surface area contributed by atoms with E-state index in [2.05, 4.69) is 5.32 Å². The van der Waals surface area contributed by atoms with E-state index in [1.54, 1.807) is 0 Å². The molecule has 0 spiro atoms. The van der Waals surface area contributed by atoms with Crippen molar-refractivity contribution in [2.45, 2.75) is 52.0 Å². The van der Waals surface area contributed by atoms with Crippen molar-refractivity contribution >= 4 is 11.9 Å². The molecule has 0 aromatic carbocycles. The fraction of sp³-hybridized carbons (Fsp3) is 0.833. The molecule has 0 bridgehead atoms. The summed E-state index contributed by atoms with van der Waals surface area (Å²) in [6, 6.07) is 0.0298. The Kier molecular flexibility index (Phi) is 8.40. The third-order valence-corrected chi connectivity index (χ3v) is 2.71. The van der Waals surface area contributed by atoms with E-state index < -0.39 is 5.97 Å². The molecule has 0 aliphatic rings. The number of amides is 1. The molecule has 100 valence electrons. The van der Waals surface area contributed by atoms with E-state index in [-0.39, 0.29) is 24.3 Å². The molecule has 0 saturated carbocycles. The Morgan fingerprint density at radius 2 is 1.88 bits per heavy atom. The molecule has 5 nitrogen and oxygen atoms in total. The standard InChI is InChI=1S/C12H24N2O3/c1-9(5-4-8-13)12(17)14-10(2)6-3-7-11(15)16/h9-10H,3-8,13H2,1-2H3,(H,14,17)(H,15,16). The summed E-state index contributed by atoms with van der Waals surface area (Å²) >= 11 is 0. The lowest BCUT2D eigenvalue weighted by molar-refractivity contribution is -0.137. The zero-order valence-electron chi connectivity index (χ0n) is 10.7. The van der Waals surface area contributed by atoms with Gasteiger partial charge in [-0.15, -0.1) is 0 Å². The quantitative estimate of drug-likeness (QED) is 0.566. The van der Waals surface area contributed by atoms with E-state index >= 15 is 0 Å². The van der Waals surface area contributed by atoms with Crippen LogP contribution in [0.3, 0.4) is 0 Å². The van der Waals surface area contributed by atoms with Crippen molar-refractivity contribution in [1.29, 1.82) is 0 Å². The number of nitrogens with two attached hydrogens (primary N) is 1. The number of carbonyl (C=O) groups is 2. The molecule has 0 saturated heterocycles. The molecule has 5 heteroatoms. The van der Waals surface area contributed by atoms with E-state index in [0.29, 0.717) is 19.4 Å². The van der Waals surface area contributed by atoms with Crippen LogP contribution in [0.25, 0.3) is 0 Å². The van der Waals surface area contributed by atoms with Crippen LogP contribution in [0.2, 0.25) is 0 Å². The van der Waals surface area contributed by atoms with Crippen LogP contribution in [-0.2, 0) is 9.59 Å². The molecule has 2 unspecified atom stereocenters. The van der Waals surface area contributed by atoms with Gasteiger partial charge >= 0.3 is 5.97 Å². The summed E-state index contributed by atoms with van der Waals surface area (Å²) in [5, 5.41) is 11.4. The lowest BCUT2D eigenvalue weighted by atomic mass is 10.0. The van der Waals surface area contributed by atoms with Gasteiger partial charge in [0, 0.05) is 18.4 Å². The number of hydrogen-bond acceptors (Lipinski definition) is 3. The average Bonchev–Trinajstić information content (AvgIpc) is 2.25. The minimum absolute atomic E-state index is 0.0273. The Morgan fingerprint density at radius 1 is 1.24 bits per heavy atom. The summed E-state index contributed by atoms with van der Waals surface area (Å²) in [5.74, 6) is -0.790. The van der Waals surface area contributed by atoms with Gasteiger partial charge in [0.1, 0.15) is 0 Å². The van der Waals surface area contributed by atoms with Crippen LogP contribution in [0.4, 0.5) is 0 Å². The van der Waals surface area contributed by atoms with Gasteiger partial charge in [0.05, 0.1) is 0 Å². The Hall–Kier alpha value is -1.10. The molecule has 4 N–H and O–H groups in total. The highest BCUT2D eigenvalue weighted by Gasteiger charge is 2.14. The van der Waals surface area contributed by atoms with Crippen molar-refractivity contribution in [3.8, 4) is 0 Å². The lowest BCUT2D eigenvalue weighted by Gasteiger charge is -2.17. The van der Waals surface area contributed by atoms with Crippen LogP contribution in [0.1, 0.15) is 46.0 Å². The molecule has 0 rings (SSSR count). The summed E-state index contributed by atoms with van der Waals surface area (Å²) in [6.07, 6.45) is 3.09. The number of carboxylic acids is 1. The van der Waals surface area contributed by atoms with Gasteiger partial charge < -0.3 is 16.2 Å². The van der Waals surface area contributed by atoms with Crippen molar-refractivity contribution in [2.24, 2.45) is 11.7 Å². The summed E-state index contributed by atoms with van der Waals surface area (Å²) in [7, 11) is 0. The maximum atomic E-state index is 11.7. The fourth-order valence-corrected chi connectivity index (χ4v) is 1.57. The normalized spacial score (nSPS) is 14.1. The van der Waals surface area contributed by atoms with E-state index in [0.717, 1.165) is 12.8 Å². The zero-order valence-corrected chi connectivity index (χ0v) is 10.7. The van der Waals surface area contributed by atoms with Crippen LogP contribution < -0.4 is 11.1 Å². The van der Waals surface area contributed by atoms with E-state index in [1.807, 2.05) is 13.8 Å². The number of hydrogen-bond donors (Lipinski definition) is 3. The largest absolute Gasteiger partial charge is 0.481 e. The number of rotatable bonds is 9. The van der Waals surface area contributed by atoms with Gasteiger partial charge in [0.2, 0.25) is 5.91 Å². The van der Waals surface area contributed by atoms with Gasteiger partial charge in [-0.05, 0) is 39.2 Å². The van der Waals surface area contributed by atoms with Crippen LogP contribution in [-0.4, -0.2) is 29.6 Å². The molecule has 0 aliphatic carbocycles. The minimum Gasteiger partial charge on any atom is -0.481 e. The Balaban J connectivity index is 3.74. The van der Waals surface area contributed by atoms with Gasteiger partial charge in [0.25, 0.3) is 0 Å². The van der Waals surface area contributed by atoms with Gasteiger partial charge in [-0.25, -0.2) is 0 Å². The molecular weight excluding hydrogens is 220 g/mol. The summed E-state index contributed by atoms with van der Waals surface area (Å²) in [5.41, 5.74) is 5.38. The number of nitrogens with one attached hydrogen (secondary N) is 1. The SMILES string of the molecule is CC(CCCC(=O)O)NC(=O)C(C)CCCN. The molecule has 17 heavy (non-hydrogen) atoms. The smallest absolute Gasteiger partial charge is 0.303 e. The molecular formula is C12H24N2O3. The van der Waals surface area contributed by atoms with E-state index in [9.17, 15) is 9.59 Å². The van der Waals surface area contributed by atoms with Crippen molar-refractivity contribution in [2.75, 3.05) is 6.54 Å². The second kappa shape index (κ2) is 8.98. The summed E-state index contributed by atoms with van der Waals surface area (Å²) < 4.78 is 0. The third kappa shape index (κ3) is 8.68. The summed E-state index contributed by atoms with van der Waals surface area (Å²) in [6.45, 7) is 4.39. The predicted molar refractivity (Wildman–Crippen MR) is 66.5 cm³/mol. The highest BCUT2D eigenvalue weighted by Crippen LogP contribution is 2.07. The zero-order chi connectivity index (χ0) is 13.3. The molecule has 2 atom stereocenters. The first-order valence-corrected chi connectivity index (χ1v) is 6.19. The van der Waals surface area contributed by atoms with E-state index in [4.69, 9.17) is 10.8 Å². The first kappa shape index (κ1) is 15.9. The Morgan fingerprint density at radius 3 is 2.41 bits per heavy atom. The van der Waals surface area contributed by atoms with E-state index in [1.165, 1.54) is 0 Å². The molecule has 1 amide bonds. The van der Waals surface area contributed by atoms with Gasteiger partial charge in [0.15, 0.2) is 0 Å². The maximum Gasteiger partial charge on any atom is 0.303 e. The monoisotopic (exact) mass is 244 g/mol. The summed E-state index contributed by atoms with van der Waals surface area (Å²) in [4.78, 5) is 22.0.